The van der Waals surface area contributed by atoms with Crippen molar-refractivity contribution < 1.29 is 17.9 Å². The maximum absolute atomic E-state index is 13.1. The maximum atomic E-state index is 13.1. The van der Waals surface area contributed by atoms with E-state index < -0.39 is 15.6 Å². The molecule has 0 radical (unpaired) electrons. The zero-order chi connectivity index (χ0) is 25.3. The number of benzene rings is 2. The van der Waals surface area contributed by atoms with E-state index in [-0.39, 0.29) is 34.5 Å². The first-order valence-electron chi connectivity index (χ1n) is 11.2. The standard InChI is InChI=1S/C25H28N4O5S/c1-15-7-5-8-16(2)23(15)21-14-22(30)27-25(26-21)28-35(32,33)20-10-6-9-17(11-20)24(31)29(3)18-12-19(13-18)34-4/h5-11,14,18-19H,12-13H2,1-4H3,(H2,26,27,28,30). The maximum Gasteiger partial charge on any atom is 0.264 e. The summed E-state index contributed by atoms with van der Waals surface area (Å²) in [6.45, 7) is 3.79. The number of carbonyl (C=O) groups is 1. The third-order valence-corrected chi connectivity index (χ3v) is 7.71. The summed E-state index contributed by atoms with van der Waals surface area (Å²) in [6.07, 6.45) is 1.63. The highest BCUT2D eigenvalue weighted by Crippen LogP contribution is 2.29. The zero-order valence-electron chi connectivity index (χ0n) is 20.0. The van der Waals surface area contributed by atoms with Crippen LogP contribution in [-0.4, -0.2) is 55.5 Å². The van der Waals surface area contributed by atoms with Crippen LogP contribution in [0.25, 0.3) is 11.3 Å². The van der Waals surface area contributed by atoms with Gasteiger partial charge in [0.1, 0.15) is 0 Å². The average molecular weight is 497 g/mol. The molecule has 1 aliphatic carbocycles. The second-order valence-electron chi connectivity index (χ2n) is 8.78. The lowest BCUT2D eigenvalue weighted by molar-refractivity contribution is -0.0144. The highest BCUT2D eigenvalue weighted by atomic mass is 32.2. The molecule has 0 atom stereocenters. The molecule has 10 heteroatoms. The SMILES string of the molecule is COC1CC(N(C)C(=O)c2cccc(S(=O)(=O)Nc3nc(-c4c(C)cccc4C)cc(=O)[nH]3)c2)C1. The molecule has 1 aliphatic rings. The number of anilines is 1. The number of aromatic nitrogens is 2. The molecule has 2 aromatic carbocycles. The number of methoxy groups -OCH3 is 1. The highest BCUT2D eigenvalue weighted by Gasteiger charge is 2.34. The fourth-order valence-corrected chi connectivity index (χ4v) is 5.26. The van der Waals surface area contributed by atoms with Gasteiger partial charge in [0.15, 0.2) is 0 Å². The molecule has 2 N–H and O–H groups in total. The average Bonchev–Trinajstić information content (AvgIpc) is 2.77. The summed E-state index contributed by atoms with van der Waals surface area (Å²) >= 11 is 0. The molecule has 4 rings (SSSR count). The molecule has 1 aromatic heterocycles. The van der Waals surface area contributed by atoms with Crippen molar-refractivity contribution in [1.29, 1.82) is 0 Å². The van der Waals surface area contributed by atoms with Crippen LogP contribution in [-0.2, 0) is 14.8 Å². The first-order valence-corrected chi connectivity index (χ1v) is 12.7. The van der Waals surface area contributed by atoms with Gasteiger partial charge in [0.25, 0.3) is 21.5 Å². The van der Waals surface area contributed by atoms with Crippen LogP contribution in [0.3, 0.4) is 0 Å². The predicted molar refractivity (Wildman–Crippen MR) is 133 cm³/mol. The summed E-state index contributed by atoms with van der Waals surface area (Å²) in [6, 6.07) is 12.9. The molecule has 0 bridgehead atoms. The van der Waals surface area contributed by atoms with Crippen LogP contribution < -0.4 is 10.3 Å². The van der Waals surface area contributed by atoms with Gasteiger partial charge >= 0.3 is 0 Å². The van der Waals surface area contributed by atoms with Crippen molar-refractivity contribution in [1.82, 2.24) is 14.9 Å². The molecule has 1 heterocycles. The van der Waals surface area contributed by atoms with Gasteiger partial charge in [-0.05, 0) is 56.0 Å². The van der Waals surface area contributed by atoms with Crippen LogP contribution in [0.4, 0.5) is 5.95 Å². The first-order chi connectivity index (χ1) is 16.6. The molecular formula is C25H28N4O5S. The fraction of sp³-hybridized carbons (Fsp3) is 0.320. The third kappa shape index (κ3) is 5.13. The molecule has 0 spiro atoms. The van der Waals surface area contributed by atoms with Gasteiger partial charge in [-0.1, -0.05) is 24.3 Å². The number of rotatable bonds is 7. The predicted octanol–water partition coefficient (Wildman–Crippen LogP) is 3.10. The second kappa shape index (κ2) is 9.63. The van der Waals surface area contributed by atoms with E-state index in [0.29, 0.717) is 5.69 Å². The van der Waals surface area contributed by atoms with Crippen molar-refractivity contribution in [2.45, 2.75) is 43.7 Å². The number of hydrogen-bond donors (Lipinski definition) is 2. The molecule has 1 saturated carbocycles. The molecule has 1 amide bonds. The summed E-state index contributed by atoms with van der Waals surface area (Å²) in [5, 5.41) is 0. The van der Waals surface area contributed by atoms with Gasteiger partial charge in [-0.15, -0.1) is 0 Å². The number of nitrogens with zero attached hydrogens (tertiary/aromatic N) is 2. The van der Waals surface area contributed by atoms with Crippen molar-refractivity contribution in [3.8, 4) is 11.3 Å². The van der Waals surface area contributed by atoms with Gasteiger partial charge in [-0.2, -0.15) is 0 Å². The lowest BCUT2D eigenvalue weighted by Gasteiger charge is -2.40. The zero-order valence-corrected chi connectivity index (χ0v) is 20.8. The van der Waals surface area contributed by atoms with Gasteiger partial charge < -0.3 is 9.64 Å². The van der Waals surface area contributed by atoms with Gasteiger partial charge in [0.05, 0.1) is 16.7 Å². The van der Waals surface area contributed by atoms with Crippen LogP contribution in [0.15, 0.2) is 58.2 Å². The lowest BCUT2D eigenvalue weighted by atomic mass is 9.88. The number of ether oxygens (including phenoxy) is 1. The normalized spacial score (nSPS) is 17.5. The van der Waals surface area contributed by atoms with Crippen LogP contribution in [0.2, 0.25) is 0 Å². The Labute approximate surface area is 204 Å². The number of aromatic amines is 1. The van der Waals surface area contributed by atoms with Crippen molar-refractivity contribution in [3.05, 3.63) is 75.6 Å². The van der Waals surface area contributed by atoms with Crippen molar-refractivity contribution in [3.63, 3.8) is 0 Å². The number of sulfonamides is 1. The van der Waals surface area contributed by atoms with Crippen molar-refractivity contribution in [2.24, 2.45) is 0 Å². The van der Waals surface area contributed by atoms with Crippen molar-refractivity contribution >= 4 is 21.9 Å². The van der Waals surface area contributed by atoms with Crippen molar-refractivity contribution in [2.75, 3.05) is 18.9 Å². The lowest BCUT2D eigenvalue weighted by Crippen LogP contribution is -2.48. The molecular weight excluding hydrogens is 468 g/mol. The largest absolute Gasteiger partial charge is 0.381 e. The van der Waals surface area contributed by atoms with E-state index in [1.54, 1.807) is 25.1 Å². The molecule has 0 unspecified atom stereocenters. The summed E-state index contributed by atoms with van der Waals surface area (Å²) in [5.74, 6) is -0.478. The summed E-state index contributed by atoms with van der Waals surface area (Å²) < 4.78 is 33.8. The Morgan fingerprint density at radius 3 is 2.43 bits per heavy atom. The van der Waals surface area contributed by atoms with Gasteiger partial charge in [0, 0.05) is 37.4 Å². The summed E-state index contributed by atoms with van der Waals surface area (Å²) in [4.78, 5) is 33.5. The van der Waals surface area contributed by atoms with Crippen LogP contribution in [0, 0.1) is 13.8 Å². The Kier molecular flexibility index (Phi) is 6.77. The third-order valence-electron chi connectivity index (χ3n) is 6.37. The van der Waals surface area contributed by atoms with E-state index in [0.717, 1.165) is 29.5 Å². The molecule has 35 heavy (non-hydrogen) atoms. The fourth-order valence-electron chi connectivity index (χ4n) is 4.25. The Balaban J connectivity index is 1.59. The molecule has 184 valence electrons. The Morgan fingerprint density at radius 1 is 1.11 bits per heavy atom. The van der Waals surface area contributed by atoms with Crippen LogP contribution in [0.5, 0.6) is 0 Å². The van der Waals surface area contributed by atoms with Crippen LogP contribution in [0.1, 0.15) is 34.3 Å². The number of aryl methyl sites for hydroxylation is 2. The number of amides is 1. The quantitative estimate of drug-likeness (QED) is 0.518. The van der Waals surface area contributed by atoms with E-state index in [1.165, 1.54) is 24.3 Å². The Hall–Kier alpha value is -3.50. The molecule has 0 saturated heterocycles. The minimum absolute atomic E-state index is 0.0488. The minimum atomic E-state index is -4.13. The smallest absolute Gasteiger partial charge is 0.264 e. The van der Waals surface area contributed by atoms with Crippen LogP contribution >= 0.6 is 0 Å². The molecule has 0 aliphatic heterocycles. The summed E-state index contributed by atoms with van der Waals surface area (Å²) in [5.41, 5.74) is 2.72. The number of nitrogens with one attached hydrogen (secondary N) is 2. The van der Waals surface area contributed by atoms with E-state index in [2.05, 4.69) is 14.7 Å². The Morgan fingerprint density at radius 2 is 1.77 bits per heavy atom. The minimum Gasteiger partial charge on any atom is -0.381 e. The van der Waals surface area contributed by atoms with E-state index in [1.807, 2.05) is 32.0 Å². The molecule has 1 fully saturated rings. The Bertz CT molecular complexity index is 1410. The van der Waals surface area contributed by atoms with E-state index in [4.69, 9.17) is 4.74 Å². The van der Waals surface area contributed by atoms with E-state index in [9.17, 15) is 18.0 Å². The van der Waals surface area contributed by atoms with Gasteiger partial charge in [0.2, 0.25) is 5.95 Å². The van der Waals surface area contributed by atoms with Gasteiger partial charge in [-0.25, -0.2) is 18.1 Å². The highest BCUT2D eigenvalue weighted by molar-refractivity contribution is 7.92. The topological polar surface area (TPSA) is 121 Å². The van der Waals surface area contributed by atoms with Gasteiger partial charge in [-0.3, -0.25) is 14.6 Å². The molecule has 9 nitrogen and oxygen atoms in total. The number of H-pyrrole nitrogens is 1. The monoisotopic (exact) mass is 496 g/mol. The number of hydrogen-bond acceptors (Lipinski definition) is 6. The summed E-state index contributed by atoms with van der Waals surface area (Å²) in [7, 11) is -0.786. The van der Waals surface area contributed by atoms with E-state index >= 15 is 0 Å². The molecule has 3 aromatic rings. The number of carbonyl (C=O) groups excluding carboxylic acids is 1. The second-order valence-corrected chi connectivity index (χ2v) is 10.5. The first kappa shape index (κ1) is 24.6.